The van der Waals surface area contributed by atoms with Crippen LogP contribution in [0.4, 0.5) is 0 Å². The summed E-state index contributed by atoms with van der Waals surface area (Å²) >= 11 is 0. The number of benzene rings is 1. The van der Waals surface area contributed by atoms with Gasteiger partial charge < -0.3 is 10.0 Å². The highest BCUT2D eigenvalue weighted by molar-refractivity contribution is 5.94. The lowest BCUT2D eigenvalue weighted by Gasteiger charge is -2.36. The lowest BCUT2D eigenvalue weighted by molar-refractivity contribution is 0.0566. The maximum atomic E-state index is 13.3. The van der Waals surface area contributed by atoms with E-state index >= 15 is 0 Å². The Balaban J connectivity index is 1.46. The monoisotopic (exact) mass is 362 g/mol. The fourth-order valence-corrected chi connectivity index (χ4v) is 5.08. The molecule has 1 amide bonds. The first-order chi connectivity index (χ1) is 13.2. The van der Waals surface area contributed by atoms with Crippen molar-refractivity contribution in [2.45, 2.75) is 37.8 Å². The molecule has 2 bridgehead atoms. The largest absolute Gasteiger partial charge is 0.396 e. The molecule has 2 saturated heterocycles. The van der Waals surface area contributed by atoms with E-state index in [4.69, 9.17) is 0 Å². The molecule has 2 aliphatic rings. The van der Waals surface area contributed by atoms with Crippen LogP contribution in [0.2, 0.25) is 0 Å². The highest BCUT2D eigenvalue weighted by Gasteiger charge is 2.57. The van der Waals surface area contributed by atoms with E-state index in [9.17, 15) is 9.90 Å². The highest BCUT2D eigenvalue weighted by atomic mass is 16.3. The van der Waals surface area contributed by atoms with Gasteiger partial charge in [-0.2, -0.15) is 5.10 Å². The molecule has 2 aromatic heterocycles. The number of hydrogen-bond donors (Lipinski definition) is 1. The van der Waals surface area contributed by atoms with Crippen LogP contribution in [-0.2, 0) is 6.42 Å². The van der Waals surface area contributed by atoms with Crippen molar-refractivity contribution in [1.82, 2.24) is 19.5 Å². The lowest BCUT2D eigenvalue weighted by atomic mass is 9.70. The summed E-state index contributed by atoms with van der Waals surface area (Å²) < 4.78 is 1.63. The van der Waals surface area contributed by atoms with Crippen LogP contribution in [0.15, 0.2) is 54.9 Å². The molecule has 0 saturated carbocycles. The molecule has 2 fully saturated rings. The van der Waals surface area contributed by atoms with E-state index in [1.807, 2.05) is 23.1 Å². The first-order valence-electron chi connectivity index (χ1n) is 9.48. The average molecular weight is 362 g/mol. The van der Waals surface area contributed by atoms with Crippen LogP contribution < -0.4 is 0 Å². The molecule has 1 aromatic carbocycles. The van der Waals surface area contributed by atoms with Crippen LogP contribution >= 0.6 is 0 Å². The fourth-order valence-electron chi connectivity index (χ4n) is 5.08. The standard InChI is InChI=1S/C21H22N4O2/c26-14-21(12-15-5-2-1-3-6-15)13-16-7-8-18(21)25(16)20(27)17-11-19-22-9-4-10-24(19)23-17/h1-6,9-11,16,18,26H,7-8,12-14H2/t16-,18+,21-/m1/s1. The summed E-state index contributed by atoms with van der Waals surface area (Å²) in [6.07, 6.45) is 7.07. The van der Waals surface area contributed by atoms with Gasteiger partial charge in [-0.1, -0.05) is 30.3 Å². The van der Waals surface area contributed by atoms with Crippen molar-refractivity contribution >= 4 is 11.6 Å². The Hall–Kier alpha value is -2.73. The van der Waals surface area contributed by atoms with Gasteiger partial charge in [0, 0.05) is 36.0 Å². The van der Waals surface area contributed by atoms with Crippen LogP contribution in [0, 0.1) is 5.41 Å². The number of fused-ring (bicyclic) bond motifs is 3. The van der Waals surface area contributed by atoms with Crippen LogP contribution in [0.3, 0.4) is 0 Å². The van der Waals surface area contributed by atoms with Gasteiger partial charge in [0.15, 0.2) is 11.3 Å². The molecule has 0 radical (unpaired) electrons. The molecule has 6 heteroatoms. The van der Waals surface area contributed by atoms with Gasteiger partial charge in [0.2, 0.25) is 0 Å². The number of carbonyl (C=O) groups is 1. The quantitative estimate of drug-likeness (QED) is 0.773. The Bertz CT molecular complexity index is 953. The van der Waals surface area contributed by atoms with Gasteiger partial charge in [-0.3, -0.25) is 4.79 Å². The van der Waals surface area contributed by atoms with Crippen LogP contribution in [0.1, 0.15) is 35.3 Å². The van der Waals surface area contributed by atoms with E-state index in [2.05, 4.69) is 22.2 Å². The zero-order valence-electron chi connectivity index (χ0n) is 15.0. The molecule has 0 unspecified atom stereocenters. The zero-order valence-corrected chi connectivity index (χ0v) is 15.0. The Morgan fingerprint density at radius 2 is 2.07 bits per heavy atom. The molecule has 3 aromatic rings. The molecule has 4 heterocycles. The number of hydrogen-bond acceptors (Lipinski definition) is 4. The second kappa shape index (κ2) is 6.16. The summed E-state index contributed by atoms with van der Waals surface area (Å²) in [5.74, 6) is -0.0450. The molecule has 0 spiro atoms. The molecule has 1 N–H and O–H groups in total. The first-order valence-corrected chi connectivity index (χ1v) is 9.48. The Kier molecular flexibility index (Phi) is 3.75. The summed E-state index contributed by atoms with van der Waals surface area (Å²) in [6, 6.07) is 14.0. The van der Waals surface area contributed by atoms with Gasteiger partial charge in [-0.05, 0) is 37.3 Å². The Morgan fingerprint density at radius 3 is 2.85 bits per heavy atom. The van der Waals surface area contributed by atoms with E-state index in [1.54, 1.807) is 29.0 Å². The van der Waals surface area contributed by atoms with Crippen molar-refractivity contribution < 1.29 is 9.90 Å². The topological polar surface area (TPSA) is 70.7 Å². The van der Waals surface area contributed by atoms with Crippen molar-refractivity contribution in [2.75, 3.05) is 6.61 Å². The predicted octanol–water partition coefficient (Wildman–Crippen LogP) is 2.33. The number of aliphatic hydroxyl groups excluding tert-OH is 1. The maximum absolute atomic E-state index is 13.3. The second-order valence-corrected chi connectivity index (χ2v) is 7.80. The summed E-state index contributed by atoms with van der Waals surface area (Å²) in [5, 5.41) is 14.7. The third-order valence-corrected chi connectivity index (χ3v) is 6.26. The van der Waals surface area contributed by atoms with Gasteiger partial charge in [-0.15, -0.1) is 0 Å². The molecular weight excluding hydrogens is 340 g/mol. The van der Waals surface area contributed by atoms with Crippen molar-refractivity contribution in [1.29, 1.82) is 0 Å². The van der Waals surface area contributed by atoms with Crippen LogP contribution in [-0.4, -0.2) is 49.2 Å². The SMILES string of the molecule is O=C(c1cc2ncccn2n1)N1[C@@H]2CC[C@H]1[C@](CO)(Cc1ccccc1)C2. The minimum Gasteiger partial charge on any atom is -0.396 e. The highest BCUT2D eigenvalue weighted by Crippen LogP contribution is 2.51. The fraction of sp³-hybridized carbons (Fsp3) is 0.381. The van der Waals surface area contributed by atoms with Crippen molar-refractivity contribution in [2.24, 2.45) is 5.41 Å². The van der Waals surface area contributed by atoms with Crippen LogP contribution in [0.25, 0.3) is 5.65 Å². The first kappa shape index (κ1) is 16.4. The summed E-state index contributed by atoms with van der Waals surface area (Å²) in [5.41, 5.74) is 2.05. The number of carbonyl (C=O) groups excluding carboxylic acids is 1. The Labute approximate surface area is 157 Å². The van der Waals surface area contributed by atoms with E-state index in [0.717, 1.165) is 25.7 Å². The van der Waals surface area contributed by atoms with Gasteiger partial charge in [0.25, 0.3) is 5.91 Å². The second-order valence-electron chi connectivity index (χ2n) is 7.80. The summed E-state index contributed by atoms with van der Waals surface area (Å²) in [6.45, 7) is 0.0968. The number of amides is 1. The number of nitrogens with zero attached hydrogens (tertiary/aromatic N) is 4. The van der Waals surface area contributed by atoms with Gasteiger partial charge in [-0.25, -0.2) is 9.50 Å². The van der Waals surface area contributed by atoms with Crippen molar-refractivity contribution in [3.8, 4) is 0 Å². The van der Waals surface area contributed by atoms with E-state index < -0.39 is 0 Å². The normalized spacial score (nSPS) is 26.8. The molecule has 138 valence electrons. The predicted molar refractivity (Wildman–Crippen MR) is 100 cm³/mol. The van der Waals surface area contributed by atoms with E-state index in [0.29, 0.717) is 11.3 Å². The molecule has 6 nitrogen and oxygen atoms in total. The average Bonchev–Trinajstić information content (AvgIpc) is 3.39. The van der Waals surface area contributed by atoms with Crippen molar-refractivity contribution in [3.63, 3.8) is 0 Å². The van der Waals surface area contributed by atoms with Gasteiger partial charge in [0.1, 0.15) is 0 Å². The van der Waals surface area contributed by atoms with Gasteiger partial charge in [0.05, 0.1) is 6.61 Å². The summed E-state index contributed by atoms with van der Waals surface area (Å²) in [7, 11) is 0. The molecule has 2 aliphatic heterocycles. The molecular formula is C21H22N4O2. The molecule has 27 heavy (non-hydrogen) atoms. The number of rotatable bonds is 4. The summed E-state index contributed by atoms with van der Waals surface area (Å²) in [4.78, 5) is 19.5. The lowest BCUT2D eigenvalue weighted by Crippen LogP contribution is -2.44. The molecule has 0 aliphatic carbocycles. The number of aromatic nitrogens is 3. The number of aliphatic hydroxyl groups is 1. The molecule has 3 atom stereocenters. The van der Waals surface area contributed by atoms with Crippen LogP contribution in [0.5, 0.6) is 0 Å². The third kappa shape index (κ3) is 2.55. The smallest absolute Gasteiger partial charge is 0.274 e. The van der Waals surface area contributed by atoms with Gasteiger partial charge >= 0.3 is 0 Å². The van der Waals surface area contributed by atoms with Crippen molar-refractivity contribution in [3.05, 3.63) is 66.1 Å². The third-order valence-electron chi connectivity index (χ3n) is 6.26. The minimum absolute atomic E-state index is 0.0450. The maximum Gasteiger partial charge on any atom is 0.274 e. The zero-order chi connectivity index (χ0) is 18.4. The van der Waals surface area contributed by atoms with E-state index in [1.165, 1.54) is 5.56 Å². The Morgan fingerprint density at radius 1 is 1.22 bits per heavy atom. The van der Waals surface area contributed by atoms with E-state index in [-0.39, 0.29) is 30.0 Å². The minimum atomic E-state index is -0.267. The molecule has 5 rings (SSSR count).